The first kappa shape index (κ1) is 26.5. The first-order valence-electron chi connectivity index (χ1n) is 10.4. The van der Waals surface area contributed by atoms with Crippen LogP contribution in [0.2, 0.25) is 0 Å². The van der Waals surface area contributed by atoms with Gasteiger partial charge in [0.05, 0.1) is 4.92 Å². The molecule has 1 aromatic carbocycles. The highest BCUT2D eigenvalue weighted by Crippen LogP contribution is 2.35. The Labute approximate surface area is 200 Å². The highest BCUT2D eigenvalue weighted by atomic mass is 33.1. The van der Waals surface area contributed by atoms with Crippen molar-refractivity contribution in [2.75, 3.05) is 18.9 Å². The average molecular weight is 494 g/mol. The van der Waals surface area contributed by atoms with Crippen LogP contribution >= 0.6 is 21.6 Å². The highest BCUT2D eigenvalue weighted by Gasteiger charge is 2.18. The van der Waals surface area contributed by atoms with Crippen molar-refractivity contribution < 1.29 is 24.4 Å². The zero-order chi connectivity index (χ0) is 24.2. The predicted molar refractivity (Wildman–Crippen MR) is 128 cm³/mol. The predicted octanol–water partition coefficient (Wildman–Crippen LogP) is 4.00. The van der Waals surface area contributed by atoms with Gasteiger partial charge in [0.2, 0.25) is 5.91 Å². The fourth-order valence-corrected chi connectivity index (χ4v) is 4.94. The maximum absolute atomic E-state index is 12.3. The number of carbonyl (C=O) groups is 2. The van der Waals surface area contributed by atoms with Crippen molar-refractivity contribution in [2.45, 2.75) is 31.7 Å². The normalized spacial score (nSPS) is 12.5. The van der Waals surface area contributed by atoms with E-state index in [1.54, 1.807) is 12.1 Å². The standard InChI is InChI=1S/C22H27N3O6S2/c1-15(13-17-5-7-18(26)8-6-17)12-16(2)21(28)24-14-20(27)31-10-11-32-33-22-19(25(29)30)4-3-9-23-22/h3-9,15-16,26H,10-14H2,1-2H3,(H,24,28)/t15-,16+/m1/s1. The van der Waals surface area contributed by atoms with Gasteiger partial charge in [-0.05, 0) is 53.3 Å². The molecule has 0 aliphatic rings. The second-order valence-corrected chi connectivity index (χ2v) is 9.95. The number of carbonyl (C=O) groups excluding carboxylic acids is 2. The lowest BCUT2D eigenvalue weighted by Crippen LogP contribution is -2.35. The maximum Gasteiger partial charge on any atom is 0.325 e. The molecule has 1 aromatic heterocycles. The monoisotopic (exact) mass is 493 g/mol. The van der Waals surface area contributed by atoms with Crippen molar-refractivity contribution in [3.05, 3.63) is 58.3 Å². The van der Waals surface area contributed by atoms with E-state index in [0.717, 1.165) is 22.8 Å². The topological polar surface area (TPSA) is 132 Å². The van der Waals surface area contributed by atoms with Crippen LogP contribution in [0.5, 0.6) is 5.75 Å². The van der Waals surface area contributed by atoms with Gasteiger partial charge in [0.15, 0.2) is 5.03 Å². The molecule has 0 bridgehead atoms. The molecule has 0 fully saturated rings. The van der Waals surface area contributed by atoms with E-state index in [-0.39, 0.29) is 42.3 Å². The minimum atomic E-state index is -0.540. The van der Waals surface area contributed by atoms with Gasteiger partial charge >= 0.3 is 11.7 Å². The van der Waals surface area contributed by atoms with E-state index < -0.39 is 10.9 Å². The molecule has 0 aliphatic heterocycles. The van der Waals surface area contributed by atoms with Crippen LogP contribution in [0.4, 0.5) is 5.69 Å². The van der Waals surface area contributed by atoms with Gasteiger partial charge in [-0.3, -0.25) is 19.7 Å². The Morgan fingerprint density at radius 2 is 1.97 bits per heavy atom. The molecular formula is C22H27N3O6S2. The molecule has 2 rings (SSSR count). The van der Waals surface area contributed by atoms with Crippen LogP contribution in [-0.2, 0) is 20.7 Å². The summed E-state index contributed by atoms with van der Waals surface area (Å²) in [7, 11) is 2.44. The zero-order valence-corrected chi connectivity index (χ0v) is 20.1. The molecule has 0 radical (unpaired) electrons. The number of rotatable bonds is 13. The summed E-state index contributed by atoms with van der Waals surface area (Å²) in [6.07, 6.45) is 2.93. The smallest absolute Gasteiger partial charge is 0.325 e. The third kappa shape index (κ3) is 9.70. The van der Waals surface area contributed by atoms with Gasteiger partial charge in [0.25, 0.3) is 0 Å². The largest absolute Gasteiger partial charge is 0.508 e. The number of hydrogen-bond acceptors (Lipinski definition) is 9. The van der Waals surface area contributed by atoms with Crippen molar-refractivity contribution in [1.29, 1.82) is 0 Å². The third-order valence-corrected chi connectivity index (χ3v) is 6.90. The first-order valence-corrected chi connectivity index (χ1v) is 12.7. The Morgan fingerprint density at radius 3 is 2.67 bits per heavy atom. The Kier molecular flexibility index (Phi) is 11.0. The molecule has 33 heavy (non-hydrogen) atoms. The Hall–Kier alpha value is -2.79. The fourth-order valence-electron chi connectivity index (χ4n) is 3.09. The number of nitrogens with one attached hydrogen (secondary N) is 1. The number of hydrogen-bond donors (Lipinski definition) is 2. The molecule has 1 amide bonds. The van der Waals surface area contributed by atoms with Crippen LogP contribution in [0.3, 0.4) is 0 Å². The van der Waals surface area contributed by atoms with Crippen LogP contribution in [0, 0.1) is 22.0 Å². The third-order valence-electron chi connectivity index (χ3n) is 4.65. The highest BCUT2D eigenvalue weighted by molar-refractivity contribution is 8.76. The molecule has 2 atom stereocenters. The van der Waals surface area contributed by atoms with Crippen LogP contribution in [0.25, 0.3) is 0 Å². The number of amides is 1. The van der Waals surface area contributed by atoms with E-state index in [0.29, 0.717) is 17.2 Å². The zero-order valence-electron chi connectivity index (χ0n) is 18.4. The molecule has 0 saturated carbocycles. The second-order valence-electron chi connectivity index (χ2n) is 7.54. The van der Waals surface area contributed by atoms with E-state index in [1.807, 2.05) is 19.1 Å². The van der Waals surface area contributed by atoms with Gasteiger partial charge in [-0.25, -0.2) is 4.98 Å². The van der Waals surface area contributed by atoms with Gasteiger partial charge in [-0.1, -0.05) is 36.8 Å². The molecule has 1 heterocycles. The number of aromatic hydroxyl groups is 1. The minimum absolute atomic E-state index is 0.0683. The van der Waals surface area contributed by atoms with Crippen LogP contribution < -0.4 is 5.32 Å². The summed E-state index contributed by atoms with van der Waals surface area (Å²) in [6, 6.07) is 9.89. The Morgan fingerprint density at radius 1 is 1.24 bits per heavy atom. The number of nitrogens with zero attached hydrogens (tertiary/aromatic N) is 2. The molecule has 9 nitrogen and oxygen atoms in total. The summed E-state index contributed by atoms with van der Waals surface area (Å²) in [5, 5.41) is 23.2. The number of benzene rings is 1. The summed E-state index contributed by atoms with van der Waals surface area (Å²) >= 11 is 0. The molecule has 0 unspecified atom stereocenters. The first-order chi connectivity index (χ1) is 15.8. The second kappa shape index (κ2) is 13.7. The number of aromatic nitrogens is 1. The molecule has 2 N–H and O–H groups in total. The van der Waals surface area contributed by atoms with Crippen LogP contribution in [0.15, 0.2) is 47.6 Å². The summed E-state index contributed by atoms with van der Waals surface area (Å²) in [5.41, 5.74) is 1.02. The number of ether oxygens (including phenoxy) is 1. The van der Waals surface area contributed by atoms with Crippen molar-refractivity contribution >= 4 is 39.2 Å². The van der Waals surface area contributed by atoms with Gasteiger partial charge in [-0.15, -0.1) is 0 Å². The Bertz CT molecular complexity index is 942. The van der Waals surface area contributed by atoms with Gasteiger partial charge in [0, 0.05) is 23.9 Å². The van der Waals surface area contributed by atoms with E-state index in [1.165, 1.54) is 29.1 Å². The molecule has 0 spiro atoms. The lowest BCUT2D eigenvalue weighted by Gasteiger charge is -2.17. The van der Waals surface area contributed by atoms with Gasteiger partial charge in [0.1, 0.15) is 18.9 Å². The van der Waals surface area contributed by atoms with Crippen molar-refractivity contribution in [3.8, 4) is 5.75 Å². The van der Waals surface area contributed by atoms with Gasteiger partial charge in [-0.2, -0.15) is 0 Å². The van der Waals surface area contributed by atoms with Crippen LogP contribution in [0.1, 0.15) is 25.8 Å². The lowest BCUT2D eigenvalue weighted by molar-refractivity contribution is -0.388. The number of esters is 1. The fraction of sp³-hybridized carbons (Fsp3) is 0.409. The van der Waals surface area contributed by atoms with Crippen molar-refractivity contribution in [3.63, 3.8) is 0 Å². The van der Waals surface area contributed by atoms with E-state index in [4.69, 9.17) is 4.74 Å². The molecule has 11 heteroatoms. The summed E-state index contributed by atoms with van der Waals surface area (Å²) in [6.45, 7) is 3.78. The summed E-state index contributed by atoms with van der Waals surface area (Å²) in [4.78, 5) is 38.6. The number of phenolic OH excluding ortho intramolecular Hbond substituents is 1. The van der Waals surface area contributed by atoms with Crippen molar-refractivity contribution in [2.24, 2.45) is 11.8 Å². The van der Waals surface area contributed by atoms with E-state index in [2.05, 4.69) is 17.2 Å². The van der Waals surface area contributed by atoms with Crippen LogP contribution in [-0.4, -0.2) is 45.8 Å². The molecule has 0 saturated heterocycles. The summed E-state index contributed by atoms with van der Waals surface area (Å²) < 4.78 is 5.10. The van der Waals surface area contributed by atoms with Gasteiger partial charge < -0.3 is 15.2 Å². The van der Waals surface area contributed by atoms with Crippen molar-refractivity contribution in [1.82, 2.24) is 10.3 Å². The molecule has 0 aliphatic carbocycles. The number of nitro groups is 1. The number of pyridine rings is 1. The Balaban J connectivity index is 1.61. The summed E-state index contributed by atoms with van der Waals surface area (Å²) in [5.74, 6) is -0.110. The molecule has 2 aromatic rings. The minimum Gasteiger partial charge on any atom is -0.508 e. The molecule has 178 valence electrons. The molecular weight excluding hydrogens is 466 g/mol. The quantitative estimate of drug-likeness (QED) is 0.140. The van der Waals surface area contributed by atoms with E-state index in [9.17, 15) is 24.8 Å². The SMILES string of the molecule is C[C@@H](Cc1ccc(O)cc1)C[C@H](C)C(=O)NCC(=O)OCCSSc1ncccc1[N+](=O)[O-]. The lowest BCUT2D eigenvalue weighted by atomic mass is 9.91. The maximum atomic E-state index is 12.3. The number of phenols is 1. The average Bonchev–Trinajstić information content (AvgIpc) is 2.78. The van der Waals surface area contributed by atoms with E-state index >= 15 is 0 Å².